The topological polar surface area (TPSA) is 106 Å². The summed E-state index contributed by atoms with van der Waals surface area (Å²) < 4.78 is 34.4. The second-order valence-corrected chi connectivity index (χ2v) is 8.88. The maximum atomic E-state index is 12.9. The van der Waals surface area contributed by atoms with Crippen molar-refractivity contribution in [1.82, 2.24) is 13.6 Å². The summed E-state index contributed by atoms with van der Waals surface area (Å²) in [5, 5.41) is 0.531. The van der Waals surface area contributed by atoms with E-state index < -0.39 is 22.2 Å². The molecule has 2 fully saturated rings. The van der Waals surface area contributed by atoms with Crippen molar-refractivity contribution in [2.24, 2.45) is 5.73 Å². The van der Waals surface area contributed by atoms with Crippen LogP contribution in [0.3, 0.4) is 0 Å². The monoisotopic (exact) mass is 402 g/mol. The molecule has 3 heterocycles. The average Bonchev–Trinajstić information content (AvgIpc) is 2.64. The maximum Gasteiger partial charge on any atom is 0.282 e. The zero-order valence-corrected chi connectivity index (χ0v) is 16.0. The molecule has 2 N–H and O–H groups in total. The van der Waals surface area contributed by atoms with E-state index in [2.05, 4.69) is 4.98 Å². The highest BCUT2D eigenvalue weighted by Crippen LogP contribution is 2.26. The van der Waals surface area contributed by atoms with E-state index in [9.17, 15) is 13.2 Å². The molecule has 10 heteroatoms. The molecule has 1 aromatic heterocycles. The van der Waals surface area contributed by atoms with Gasteiger partial charge in [-0.15, -0.1) is 0 Å². The van der Waals surface area contributed by atoms with Crippen LogP contribution in [0, 0.1) is 0 Å². The Morgan fingerprint density at radius 2 is 1.92 bits per heavy atom. The number of pyridine rings is 1. The highest BCUT2D eigenvalue weighted by molar-refractivity contribution is 7.86. The van der Waals surface area contributed by atoms with Gasteiger partial charge in [-0.25, -0.2) is 4.98 Å². The van der Waals surface area contributed by atoms with Gasteiger partial charge in [0.25, 0.3) is 10.2 Å². The Morgan fingerprint density at radius 1 is 1.19 bits per heavy atom. The van der Waals surface area contributed by atoms with E-state index in [0.29, 0.717) is 49.8 Å². The summed E-state index contributed by atoms with van der Waals surface area (Å²) >= 11 is 5.80. The molecule has 2 aliphatic rings. The van der Waals surface area contributed by atoms with Crippen molar-refractivity contribution in [3.05, 3.63) is 23.4 Å². The molecule has 0 aliphatic carbocycles. The van der Waals surface area contributed by atoms with Gasteiger partial charge >= 0.3 is 0 Å². The summed E-state index contributed by atoms with van der Waals surface area (Å²) in [5.41, 5.74) is 5.40. The van der Waals surface area contributed by atoms with Gasteiger partial charge in [-0.2, -0.15) is 17.0 Å². The highest BCUT2D eigenvalue weighted by atomic mass is 35.5. The summed E-state index contributed by atoms with van der Waals surface area (Å²) in [6.07, 6.45) is 4.54. The van der Waals surface area contributed by atoms with Crippen molar-refractivity contribution in [1.29, 1.82) is 0 Å². The molecule has 3 rings (SSSR count). The van der Waals surface area contributed by atoms with E-state index in [0.717, 1.165) is 12.8 Å². The largest absolute Gasteiger partial charge is 0.474 e. The quantitative estimate of drug-likeness (QED) is 0.795. The SMILES string of the molecule is NC(=O)C1CCCCN1S(=O)(=O)N1CCC(Oc2ccc(Cl)cn2)CC1. The molecule has 0 saturated carbocycles. The van der Waals surface area contributed by atoms with Crippen molar-refractivity contribution < 1.29 is 17.9 Å². The number of nitrogens with two attached hydrogens (primary N) is 1. The summed E-state index contributed by atoms with van der Waals surface area (Å²) in [7, 11) is -3.70. The van der Waals surface area contributed by atoms with Crippen LogP contribution in [-0.4, -0.2) is 59.7 Å². The van der Waals surface area contributed by atoms with Gasteiger partial charge in [0.05, 0.1) is 5.02 Å². The molecule has 0 radical (unpaired) electrons. The van der Waals surface area contributed by atoms with Crippen LogP contribution in [0.4, 0.5) is 0 Å². The van der Waals surface area contributed by atoms with Crippen LogP contribution < -0.4 is 10.5 Å². The molecule has 0 bridgehead atoms. The predicted molar refractivity (Wildman–Crippen MR) is 96.9 cm³/mol. The van der Waals surface area contributed by atoms with Crippen LogP contribution in [0.2, 0.25) is 5.02 Å². The molecule has 1 amide bonds. The zero-order chi connectivity index (χ0) is 18.7. The van der Waals surface area contributed by atoms with Crippen LogP contribution in [0.1, 0.15) is 32.1 Å². The molecule has 8 nitrogen and oxygen atoms in total. The standard InChI is InChI=1S/C16H23ClN4O4S/c17-12-4-5-15(19-11-12)25-13-6-9-20(10-7-13)26(23,24)21-8-2-1-3-14(21)16(18)22/h4-5,11,13-14H,1-3,6-10H2,(H2,18,22). The normalized spacial score (nSPS) is 23.7. The van der Waals surface area contributed by atoms with E-state index >= 15 is 0 Å². The molecule has 0 aromatic carbocycles. The Hall–Kier alpha value is -1.42. The molecular formula is C16H23ClN4O4S. The third-order valence-electron chi connectivity index (χ3n) is 4.79. The lowest BCUT2D eigenvalue weighted by atomic mass is 10.0. The number of amides is 1. The molecule has 144 valence electrons. The van der Waals surface area contributed by atoms with Gasteiger partial charge in [0.1, 0.15) is 12.1 Å². The minimum Gasteiger partial charge on any atom is -0.474 e. The third kappa shape index (κ3) is 4.28. The first kappa shape index (κ1) is 19.3. The fraction of sp³-hybridized carbons (Fsp3) is 0.625. The smallest absolute Gasteiger partial charge is 0.282 e. The number of primary amides is 1. The number of carbonyl (C=O) groups excluding carboxylic acids is 1. The summed E-state index contributed by atoms with van der Waals surface area (Å²) in [5.74, 6) is -0.110. The Bertz CT molecular complexity index is 735. The minimum atomic E-state index is -3.70. The number of halogens is 1. The lowest BCUT2D eigenvalue weighted by Gasteiger charge is -2.38. The number of carbonyl (C=O) groups is 1. The second-order valence-electron chi connectivity index (χ2n) is 6.56. The van der Waals surface area contributed by atoms with Crippen molar-refractivity contribution >= 4 is 27.7 Å². The first-order valence-electron chi connectivity index (χ1n) is 8.72. The van der Waals surface area contributed by atoms with Gasteiger partial charge in [-0.1, -0.05) is 18.0 Å². The van der Waals surface area contributed by atoms with E-state index in [1.807, 2.05) is 0 Å². The van der Waals surface area contributed by atoms with Crippen LogP contribution in [0.5, 0.6) is 5.88 Å². The van der Waals surface area contributed by atoms with Crippen molar-refractivity contribution in [3.8, 4) is 5.88 Å². The first-order valence-corrected chi connectivity index (χ1v) is 10.5. The summed E-state index contributed by atoms with van der Waals surface area (Å²) in [6.45, 7) is 1.01. The Balaban J connectivity index is 1.61. The number of ether oxygens (including phenoxy) is 1. The van der Waals surface area contributed by atoms with Crippen molar-refractivity contribution in [3.63, 3.8) is 0 Å². The molecule has 2 aliphatic heterocycles. The fourth-order valence-corrected chi connectivity index (χ4v) is 5.37. The molecule has 26 heavy (non-hydrogen) atoms. The van der Waals surface area contributed by atoms with E-state index in [-0.39, 0.29) is 6.10 Å². The Kier molecular flexibility index (Phi) is 6.01. The van der Waals surface area contributed by atoms with Gasteiger partial charge < -0.3 is 10.5 Å². The van der Waals surface area contributed by atoms with Crippen LogP contribution in [0.15, 0.2) is 18.3 Å². The lowest BCUT2D eigenvalue weighted by Crippen LogP contribution is -2.56. The number of aromatic nitrogens is 1. The average molecular weight is 403 g/mol. The minimum absolute atomic E-state index is 0.108. The third-order valence-corrected chi connectivity index (χ3v) is 7.06. The predicted octanol–water partition coefficient (Wildman–Crippen LogP) is 1.16. The molecule has 1 unspecified atom stereocenters. The number of rotatable bonds is 5. The molecular weight excluding hydrogens is 380 g/mol. The Labute approximate surface area is 158 Å². The number of hydrogen-bond acceptors (Lipinski definition) is 5. The summed E-state index contributed by atoms with van der Waals surface area (Å²) in [4.78, 5) is 15.7. The first-order chi connectivity index (χ1) is 12.4. The van der Waals surface area contributed by atoms with Crippen LogP contribution >= 0.6 is 11.6 Å². The molecule has 1 atom stereocenters. The van der Waals surface area contributed by atoms with Crippen LogP contribution in [-0.2, 0) is 15.0 Å². The van der Waals surface area contributed by atoms with E-state index in [4.69, 9.17) is 22.1 Å². The lowest BCUT2D eigenvalue weighted by molar-refractivity contribution is -0.122. The van der Waals surface area contributed by atoms with Crippen molar-refractivity contribution in [2.75, 3.05) is 19.6 Å². The number of piperidine rings is 2. The summed E-state index contributed by atoms with van der Waals surface area (Å²) in [6, 6.07) is 2.64. The van der Waals surface area contributed by atoms with Gasteiger partial charge in [-0.3, -0.25) is 4.79 Å². The number of nitrogens with zero attached hydrogens (tertiary/aromatic N) is 3. The molecule has 0 spiro atoms. The van der Waals surface area contributed by atoms with Gasteiger partial charge in [0.2, 0.25) is 11.8 Å². The van der Waals surface area contributed by atoms with Gasteiger partial charge in [0, 0.05) is 31.9 Å². The fourth-order valence-electron chi connectivity index (χ4n) is 3.40. The number of hydrogen-bond donors (Lipinski definition) is 1. The van der Waals surface area contributed by atoms with Crippen LogP contribution in [0.25, 0.3) is 0 Å². The van der Waals surface area contributed by atoms with Gasteiger partial charge in [0.15, 0.2) is 0 Å². The van der Waals surface area contributed by atoms with Gasteiger partial charge in [-0.05, 0) is 31.7 Å². The zero-order valence-electron chi connectivity index (χ0n) is 14.4. The van der Waals surface area contributed by atoms with E-state index in [1.165, 1.54) is 14.8 Å². The van der Waals surface area contributed by atoms with E-state index in [1.54, 1.807) is 12.1 Å². The molecule has 2 saturated heterocycles. The maximum absolute atomic E-state index is 12.9. The highest BCUT2D eigenvalue weighted by Gasteiger charge is 2.40. The Morgan fingerprint density at radius 3 is 2.54 bits per heavy atom. The second kappa shape index (κ2) is 8.08. The van der Waals surface area contributed by atoms with Crippen molar-refractivity contribution in [2.45, 2.75) is 44.2 Å². The molecule has 1 aromatic rings.